The minimum absolute atomic E-state index is 0.299. The molecule has 1 aliphatic rings. The van der Waals surface area contributed by atoms with Crippen LogP contribution in [0.5, 0.6) is 0 Å². The summed E-state index contributed by atoms with van der Waals surface area (Å²) < 4.78 is 2.23. The maximum atomic E-state index is 6.16. The molecular weight excluding hydrogens is 222 g/mol. The summed E-state index contributed by atoms with van der Waals surface area (Å²) in [5.41, 5.74) is 8.92. The van der Waals surface area contributed by atoms with Gasteiger partial charge in [0.2, 0.25) is 0 Å². The van der Waals surface area contributed by atoms with Gasteiger partial charge in [-0.1, -0.05) is 18.2 Å². The molecule has 1 aromatic carbocycles. The predicted molar refractivity (Wildman–Crippen MR) is 75.7 cm³/mol. The van der Waals surface area contributed by atoms with Gasteiger partial charge in [-0.25, -0.2) is 0 Å². The molecule has 0 saturated carbocycles. The number of para-hydroxylation sites is 1. The largest absolute Gasteiger partial charge is 0.350 e. The zero-order valence-corrected chi connectivity index (χ0v) is 11.1. The molecule has 2 aromatic rings. The van der Waals surface area contributed by atoms with Gasteiger partial charge in [-0.2, -0.15) is 0 Å². The van der Waals surface area contributed by atoms with E-state index in [1.807, 2.05) is 0 Å². The highest BCUT2D eigenvalue weighted by molar-refractivity contribution is 5.84. The van der Waals surface area contributed by atoms with Gasteiger partial charge in [0.15, 0.2) is 0 Å². The minimum Gasteiger partial charge on any atom is -0.350 e. The lowest BCUT2D eigenvalue weighted by Crippen LogP contribution is -2.44. The number of likely N-dealkylation sites (tertiary alicyclic amines) is 1. The van der Waals surface area contributed by atoms with Crippen molar-refractivity contribution in [1.82, 2.24) is 9.47 Å². The van der Waals surface area contributed by atoms with Crippen molar-refractivity contribution in [2.45, 2.75) is 18.4 Å². The molecule has 0 aliphatic carbocycles. The quantitative estimate of drug-likeness (QED) is 0.830. The lowest BCUT2D eigenvalue weighted by molar-refractivity contribution is 0.227. The van der Waals surface area contributed by atoms with Gasteiger partial charge in [-0.3, -0.25) is 0 Å². The first-order valence-electron chi connectivity index (χ1n) is 6.63. The predicted octanol–water partition coefficient (Wildman–Crippen LogP) is 1.92. The molecule has 3 nitrogen and oxygen atoms in total. The van der Waals surface area contributed by atoms with Gasteiger partial charge in [0.25, 0.3) is 0 Å². The average molecular weight is 243 g/mol. The van der Waals surface area contributed by atoms with E-state index in [1.165, 1.54) is 16.5 Å². The molecule has 2 atom stereocenters. The highest BCUT2D eigenvalue weighted by Gasteiger charge is 2.26. The van der Waals surface area contributed by atoms with Crippen LogP contribution in [-0.4, -0.2) is 35.6 Å². The van der Waals surface area contributed by atoms with Gasteiger partial charge in [0.05, 0.1) is 0 Å². The first kappa shape index (κ1) is 11.8. The van der Waals surface area contributed by atoms with Crippen LogP contribution in [0.1, 0.15) is 17.9 Å². The van der Waals surface area contributed by atoms with Gasteiger partial charge in [0, 0.05) is 49.2 Å². The summed E-state index contributed by atoms with van der Waals surface area (Å²) in [6.07, 6.45) is 3.37. The van der Waals surface area contributed by atoms with Crippen LogP contribution in [0.2, 0.25) is 0 Å². The molecule has 0 radical (unpaired) electrons. The van der Waals surface area contributed by atoms with Crippen molar-refractivity contribution < 1.29 is 0 Å². The number of nitrogens with two attached hydrogens (primary N) is 1. The SMILES string of the molecule is CN1CC(N)CC(c2cn(C)c3ccccc23)C1. The van der Waals surface area contributed by atoms with Gasteiger partial charge in [-0.15, -0.1) is 0 Å². The van der Waals surface area contributed by atoms with E-state index in [4.69, 9.17) is 5.73 Å². The lowest BCUT2D eigenvalue weighted by Gasteiger charge is -2.33. The number of likely N-dealkylation sites (N-methyl/N-ethyl adjacent to an activating group) is 1. The summed E-state index contributed by atoms with van der Waals surface area (Å²) in [5.74, 6) is 0.560. The van der Waals surface area contributed by atoms with Crippen LogP contribution in [-0.2, 0) is 7.05 Å². The van der Waals surface area contributed by atoms with Crippen molar-refractivity contribution in [3.63, 3.8) is 0 Å². The van der Waals surface area contributed by atoms with Crippen molar-refractivity contribution in [2.24, 2.45) is 12.8 Å². The number of aromatic nitrogens is 1. The number of aryl methyl sites for hydroxylation is 1. The first-order valence-corrected chi connectivity index (χ1v) is 6.63. The van der Waals surface area contributed by atoms with Crippen LogP contribution >= 0.6 is 0 Å². The minimum atomic E-state index is 0.299. The Labute approximate surface area is 108 Å². The van der Waals surface area contributed by atoms with Crippen molar-refractivity contribution in [1.29, 1.82) is 0 Å². The molecule has 1 fully saturated rings. The van der Waals surface area contributed by atoms with E-state index >= 15 is 0 Å². The zero-order valence-electron chi connectivity index (χ0n) is 11.1. The van der Waals surface area contributed by atoms with Gasteiger partial charge >= 0.3 is 0 Å². The fourth-order valence-electron chi connectivity index (χ4n) is 3.29. The smallest absolute Gasteiger partial charge is 0.0480 e. The Morgan fingerprint density at radius 1 is 1.17 bits per heavy atom. The number of fused-ring (bicyclic) bond motifs is 1. The van der Waals surface area contributed by atoms with E-state index in [-0.39, 0.29) is 0 Å². The van der Waals surface area contributed by atoms with Crippen LogP contribution in [0.3, 0.4) is 0 Å². The van der Waals surface area contributed by atoms with E-state index in [2.05, 4.69) is 54.0 Å². The molecule has 2 unspecified atom stereocenters. The molecule has 1 aliphatic heterocycles. The molecule has 2 heterocycles. The van der Waals surface area contributed by atoms with Crippen molar-refractivity contribution in [2.75, 3.05) is 20.1 Å². The highest BCUT2D eigenvalue weighted by Crippen LogP contribution is 2.32. The van der Waals surface area contributed by atoms with E-state index in [9.17, 15) is 0 Å². The summed E-state index contributed by atoms with van der Waals surface area (Å²) in [5, 5.41) is 1.38. The third-order valence-corrected chi connectivity index (χ3v) is 4.03. The first-order chi connectivity index (χ1) is 8.65. The molecule has 0 spiro atoms. The molecule has 0 amide bonds. The standard InChI is InChI=1S/C15H21N3/c1-17-8-11(7-12(16)9-17)14-10-18(2)15-6-4-3-5-13(14)15/h3-6,10-12H,7-9,16H2,1-2H3. The zero-order chi connectivity index (χ0) is 12.7. The molecule has 3 heteroatoms. The number of hydrogen-bond donors (Lipinski definition) is 1. The highest BCUT2D eigenvalue weighted by atomic mass is 15.1. The number of piperidine rings is 1. The topological polar surface area (TPSA) is 34.2 Å². The average Bonchev–Trinajstić information content (AvgIpc) is 2.66. The third kappa shape index (κ3) is 1.93. The molecule has 1 aromatic heterocycles. The molecule has 96 valence electrons. The van der Waals surface area contributed by atoms with E-state index < -0.39 is 0 Å². The summed E-state index contributed by atoms with van der Waals surface area (Å²) in [4.78, 5) is 2.35. The summed E-state index contributed by atoms with van der Waals surface area (Å²) >= 11 is 0. The summed E-state index contributed by atoms with van der Waals surface area (Å²) in [6, 6.07) is 8.94. The van der Waals surface area contributed by atoms with Crippen LogP contribution < -0.4 is 5.73 Å². The molecule has 1 saturated heterocycles. The van der Waals surface area contributed by atoms with Gasteiger partial charge < -0.3 is 15.2 Å². The fraction of sp³-hybridized carbons (Fsp3) is 0.467. The van der Waals surface area contributed by atoms with Crippen LogP contribution in [0.25, 0.3) is 10.9 Å². The molecule has 18 heavy (non-hydrogen) atoms. The maximum Gasteiger partial charge on any atom is 0.0480 e. The van der Waals surface area contributed by atoms with Crippen molar-refractivity contribution in [3.8, 4) is 0 Å². The van der Waals surface area contributed by atoms with Crippen LogP contribution in [0, 0.1) is 0 Å². The molecular formula is C15H21N3. The second kappa shape index (κ2) is 4.41. The van der Waals surface area contributed by atoms with E-state index in [1.54, 1.807) is 0 Å². The second-order valence-corrected chi connectivity index (χ2v) is 5.63. The Morgan fingerprint density at radius 3 is 2.72 bits per heavy atom. The monoisotopic (exact) mass is 243 g/mol. The number of benzene rings is 1. The summed E-state index contributed by atoms with van der Waals surface area (Å²) in [7, 11) is 4.29. The molecule has 2 N–H and O–H groups in total. The Hall–Kier alpha value is -1.32. The maximum absolute atomic E-state index is 6.16. The molecule has 3 rings (SSSR count). The summed E-state index contributed by atoms with van der Waals surface area (Å²) in [6.45, 7) is 2.13. The van der Waals surface area contributed by atoms with E-state index in [0.717, 1.165) is 19.5 Å². The Kier molecular flexibility index (Phi) is 2.88. The van der Waals surface area contributed by atoms with Crippen molar-refractivity contribution in [3.05, 3.63) is 36.0 Å². The Bertz CT molecular complexity index is 548. The van der Waals surface area contributed by atoms with Crippen LogP contribution in [0.15, 0.2) is 30.5 Å². The molecule has 0 bridgehead atoms. The van der Waals surface area contributed by atoms with Gasteiger partial charge in [-0.05, 0) is 25.1 Å². The Morgan fingerprint density at radius 2 is 1.94 bits per heavy atom. The number of rotatable bonds is 1. The lowest BCUT2D eigenvalue weighted by atomic mass is 9.88. The second-order valence-electron chi connectivity index (χ2n) is 5.63. The van der Waals surface area contributed by atoms with Crippen molar-refractivity contribution >= 4 is 10.9 Å². The van der Waals surface area contributed by atoms with E-state index in [0.29, 0.717) is 12.0 Å². The normalized spacial score (nSPS) is 25.7. The van der Waals surface area contributed by atoms with Crippen LogP contribution in [0.4, 0.5) is 0 Å². The van der Waals surface area contributed by atoms with Gasteiger partial charge in [0.1, 0.15) is 0 Å². The Balaban J connectivity index is 2.03. The number of nitrogens with zero attached hydrogens (tertiary/aromatic N) is 2. The third-order valence-electron chi connectivity index (χ3n) is 4.03. The fourth-order valence-corrected chi connectivity index (χ4v) is 3.29. The number of hydrogen-bond acceptors (Lipinski definition) is 2.